The van der Waals surface area contributed by atoms with Crippen LogP contribution >= 0.6 is 11.8 Å². The lowest BCUT2D eigenvalue weighted by Crippen LogP contribution is -2.15. The van der Waals surface area contributed by atoms with Crippen molar-refractivity contribution in [1.82, 2.24) is 9.97 Å². The zero-order valence-corrected chi connectivity index (χ0v) is 8.67. The monoisotopic (exact) mass is 208 g/mol. The van der Waals surface area contributed by atoms with Crippen LogP contribution < -0.4 is 0 Å². The van der Waals surface area contributed by atoms with Gasteiger partial charge in [-0.3, -0.25) is 9.78 Å². The molecule has 4 heteroatoms. The van der Waals surface area contributed by atoms with E-state index < -0.39 is 0 Å². The zero-order chi connectivity index (χ0) is 9.80. The van der Waals surface area contributed by atoms with E-state index in [4.69, 9.17) is 0 Å². The smallest absolute Gasteiger partial charge is 0.132 e. The van der Waals surface area contributed by atoms with Gasteiger partial charge in [0.15, 0.2) is 0 Å². The quantitative estimate of drug-likeness (QED) is 0.746. The van der Waals surface area contributed by atoms with Crippen molar-refractivity contribution in [2.75, 3.05) is 0 Å². The van der Waals surface area contributed by atoms with Gasteiger partial charge in [0, 0.05) is 30.5 Å². The van der Waals surface area contributed by atoms with E-state index in [9.17, 15) is 4.79 Å². The van der Waals surface area contributed by atoms with Crippen LogP contribution in [0.5, 0.6) is 0 Å². The maximum atomic E-state index is 11.0. The minimum Gasteiger partial charge on any atom is -0.300 e. The maximum absolute atomic E-state index is 11.0. The first-order valence-corrected chi connectivity index (χ1v) is 5.67. The van der Waals surface area contributed by atoms with E-state index in [0.717, 1.165) is 30.7 Å². The molecular weight excluding hydrogens is 196 g/mol. The van der Waals surface area contributed by atoms with Crippen molar-refractivity contribution < 1.29 is 4.79 Å². The maximum Gasteiger partial charge on any atom is 0.132 e. The fourth-order valence-electron chi connectivity index (χ4n) is 1.55. The van der Waals surface area contributed by atoms with Crippen LogP contribution in [-0.4, -0.2) is 21.0 Å². The van der Waals surface area contributed by atoms with E-state index in [1.54, 1.807) is 30.4 Å². The van der Waals surface area contributed by atoms with Gasteiger partial charge in [0.25, 0.3) is 0 Å². The summed E-state index contributed by atoms with van der Waals surface area (Å²) in [5.74, 6) is 0.404. The van der Waals surface area contributed by atoms with E-state index in [0.29, 0.717) is 11.0 Å². The summed E-state index contributed by atoms with van der Waals surface area (Å²) in [4.78, 5) is 19.2. The molecule has 0 amide bonds. The Morgan fingerprint density at radius 3 is 2.71 bits per heavy atom. The Labute approximate surface area is 87.3 Å². The van der Waals surface area contributed by atoms with Crippen molar-refractivity contribution in [2.45, 2.75) is 36.0 Å². The number of ketones is 1. The highest BCUT2D eigenvalue weighted by molar-refractivity contribution is 7.99. The molecule has 14 heavy (non-hydrogen) atoms. The Morgan fingerprint density at radius 2 is 2.07 bits per heavy atom. The standard InChI is InChI=1S/C10H12N2OS/c13-8-1-3-9(4-2-8)14-10-7-11-5-6-12-10/h5-7,9H,1-4H2. The van der Waals surface area contributed by atoms with Crippen molar-refractivity contribution in [3.8, 4) is 0 Å². The third kappa shape index (κ3) is 2.54. The Morgan fingerprint density at radius 1 is 1.29 bits per heavy atom. The summed E-state index contributed by atoms with van der Waals surface area (Å²) < 4.78 is 0. The minimum absolute atomic E-state index is 0.404. The van der Waals surface area contributed by atoms with Crippen LogP contribution in [0.3, 0.4) is 0 Å². The molecule has 0 N–H and O–H groups in total. The van der Waals surface area contributed by atoms with Gasteiger partial charge < -0.3 is 0 Å². The molecule has 1 saturated carbocycles. The second-order valence-electron chi connectivity index (χ2n) is 3.40. The molecule has 1 aliphatic carbocycles. The normalized spacial score (nSPS) is 18.4. The molecule has 0 radical (unpaired) electrons. The van der Waals surface area contributed by atoms with E-state index in [1.165, 1.54) is 0 Å². The van der Waals surface area contributed by atoms with Gasteiger partial charge in [-0.2, -0.15) is 0 Å². The van der Waals surface area contributed by atoms with Crippen LogP contribution in [-0.2, 0) is 4.79 Å². The van der Waals surface area contributed by atoms with Gasteiger partial charge in [-0.05, 0) is 12.8 Å². The number of aromatic nitrogens is 2. The Balaban J connectivity index is 1.89. The summed E-state index contributed by atoms with van der Waals surface area (Å²) in [5, 5.41) is 1.51. The minimum atomic E-state index is 0.404. The molecule has 0 atom stereocenters. The molecule has 1 aromatic rings. The Bertz CT molecular complexity index is 305. The van der Waals surface area contributed by atoms with Gasteiger partial charge in [-0.15, -0.1) is 11.8 Å². The van der Waals surface area contributed by atoms with E-state index in [1.807, 2.05) is 0 Å². The predicted molar refractivity (Wildman–Crippen MR) is 55.2 cm³/mol. The highest BCUT2D eigenvalue weighted by Crippen LogP contribution is 2.30. The van der Waals surface area contributed by atoms with Gasteiger partial charge in [0.05, 0.1) is 6.20 Å². The third-order valence-electron chi connectivity index (χ3n) is 2.32. The molecular formula is C10H12N2OS. The van der Waals surface area contributed by atoms with Crippen LogP contribution in [0.2, 0.25) is 0 Å². The molecule has 0 aromatic carbocycles. The third-order valence-corrected chi connectivity index (χ3v) is 3.57. The average Bonchev–Trinajstić information content (AvgIpc) is 2.23. The fraction of sp³-hybridized carbons (Fsp3) is 0.500. The second kappa shape index (κ2) is 4.55. The molecule has 1 fully saturated rings. The summed E-state index contributed by atoms with van der Waals surface area (Å²) in [6.45, 7) is 0. The first-order valence-electron chi connectivity index (χ1n) is 4.79. The number of Topliss-reactive ketones (excluding diaryl/α,β-unsaturated/α-hetero) is 1. The van der Waals surface area contributed by atoms with Gasteiger partial charge in [-0.1, -0.05) is 0 Å². The number of hydrogen-bond donors (Lipinski definition) is 0. The van der Waals surface area contributed by atoms with Gasteiger partial charge in [0.1, 0.15) is 10.8 Å². The Kier molecular flexibility index (Phi) is 3.14. The molecule has 0 bridgehead atoms. The second-order valence-corrected chi connectivity index (χ2v) is 4.72. The van der Waals surface area contributed by atoms with Crippen LogP contribution in [0, 0.1) is 0 Å². The molecule has 0 saturated heterocycles. The number of thioether (sulfide) groups is 1. The predicted octanol–water partition coefficient (Wildman–Crippen LogP) is 2.08. The van der Waals surface area contributed by atoms with Crippen molar-refractivity contribution in [3.63, 3.8) is 0 Å². The molecule has 74 valence electrons. The van der Waals surface area contributed by atoms with Gasteiger partial charge >= 0.3 is 0 Å². The summed E-state index contributed by atoms with van der Waals surface area (Å²) in [7, 11) is 0. The Hall–Kier alpha value is -0.900. The van der Waals surface area contributed by atoms with Crippen LogP contribution in [0.15, 0.2) is 23.6 Å². The lowest BCUT2D eigenvalue weighted by Gasteiger charge is -2.19. The molecule has 1 aromatic heterocycles. The SMILES string of the molecule is O=C1CCC(Sc2cnccn2)CC1. The topological polar surface area (TPSA) is 42.9 Å². The van der Waals surface area contributed by atoms with Crippen molar-refractivity contribution >= 4 is 17.5 Å². The molecule has 2 rings (SSSR count). The molecule has 0 spiro atoms. The summed E-state index contributed by atoms with van der Waals surface area (Å²) in [6, 6.07) is 0. The first-order chi connectivity index (χ1) is 6.84. The number of carbonyl (C=O) groups excluding carboxylic acids is 1. The van der Waals surface area contributed by atoms with Crippen LogP contribution in [0.25, 0.3) is 0 Å². The number of nitrogens with zero attached hydrogens (tertiary/aromatic N) is 2. The summed E-state index contributed by atoms with van der Waals surface area (Å²) >= 11 is 1.74. The molecule has 0 aliphatic heterocycles. The number of rotatable bonds is 2. The number of carbonyl (C=O) groups is 1. The molecule has 3 nitrogen and oxygen atoms in total. The summed E-state index contributed by atoms with van der Waals surface area (Å²) in [6.07, 6.45) is 8.60. The van der Waals surface area contributed by atoms with Crippen LogP contribution in [0.1, 0.15) is 25.7 Å². The van der Waals surface area contributed by atoms with Gasteiger partial charge in [-0.25, -0.2) is 4.98 Å². The molecule has 1 heterocycles. The van der Waals surface area contributed by atoms with Crippen LogP contribution in [0.4, 0.5) is 0 Å². The first kappa shape index (κ1) is 9.65. The average molecular weight is 208 g/mol. The molecule has 1 aliphatic rings. The molecule has 0 unspecified atom stereocenters. The largest absolute Gasteiger partial charge is 0.300 e. The summed E-state index contributed by atoms with van der Waals surface area (Å²) in [5.41, 5.74) is 0. The zero-order valence-electron chi connectivity index (χ0n) is 7.85. The fourth-order valence-corrected chi connectivity index (χ4v) is 2.60. The van der Waals surface area contributed by atoms with Crippen molar-refractivity contribution in [3.05, 3.63) is 18.6 Å². The van der Waals surface area contributed by atoms with Gasteiger partial charge in [0.2, 0.25) is 0 Å². The van der Waals surface area contributed by atoms with E-state index in [2.05, 4.69) is 9.97 Å². The number of hydrogen-bond acceptors (Lipinski definition) is 4. The highest BCUT2D eigenvalue weighted by atomic mass is 32.2. The van der Waals surface area contributed by atoms with Crippen molar-refractivity contribution in [2.24, 2.45) is 0 Å². The lowest BCUT2D eigenvalue weighted by atomic mass is 9.99. The lowest BCUT2D eigenvalue weighted by molar-refractivity contribution is -0.120. The van der Waals surface area contributed by atoms with E-state index in [-0.39, 0.29) is 0 Å². The van der Waals surface area contributed by atoms with E-state index >= 15 is 0 Å². The highest BCUT2D eigenvalue weighted by Gasteiger charge is 2.19. The van der Waals surface area contributed by atoms with Crippen molar-refractivity contribution in [1.29, 1.82) is 0 Å².